The van der Waals surface area contributed by atoms with Gasteiger partial charge in [0.05, 0.1) is 6.04 Å². The lowest BCUT2D eigenvalue weighted by Gasteiger charge is -2.30. The molecule has 2 saturated heterocycles. The first-order valence-electron chi connectivity index (χ1n) is 11.5. The number of halogens is 3. The third-order valence-electron chi connectivity index (χ3n) is 6.94. The number of nitrogens with one attached hydrogen (secondary N) is 2. The topological polar surface area (TPSA) is 125 Å². The van der Waals surface area contributed by atoms with Crippen LogP contribution in [0.25, 0.3) is 0 Å². The molecule has 2 aliphatic heterocycles. The van der Waals surface area contributed by atoms with E-state index in [0.29, 0.717) is 25.8 Å². The summed E-state index contributed by atoms with van der Waals surface area (Å²) in [6, 6.07) is -2.57. The van der Waals surface area contributed by atoms with Gasteiger partial charge in [0.15, 0.2) is 5.78 Å². The van der Waals surface area contributed by atoms with E-state index >= 15 is 0 Å². The number of fused-ring (bicyclic) bond motifs is 1. The molecule has 1 aliphatic carbocycles. The minimum atomic E-state index is -5.02. The van der Waals surface area contributed by atoms with E-state index < -0.39 is 54.7 Å². The Labute approximate surface area is 195 Å². The van der Waals surface area contributed by atoms with Crippen molar-refractivity contribution in [2.75, 3.05) is 13.2 Å². The number of likely N-dealkylation sites (tertiary alicyclic amines) is 1. The smallest absolute Gasteiger partial charge is 0.383 e. The number of ketones is 1. The second kappa shape index (κ2) is 9.80. The van der Waals surface area contributed by atoms with Crippen LogP contribution in [-0.4, -0.2) is 77.3 Å². The summed E-state index contributed by atoms with van der Waals surface area (Å²) in [5.41, 5.74) is -0.292. The number of aliphatic hydroxyl groups excluding tert-OH is 1. The summed E-state index contributed by atoms with van der Waals surface area (Å²) in [7, 11) is 0. The second-order valence-corrected chi connectivity index (χ2v) is 10.3. The summed E-state index contributed by atoms with van der Waals surface area (Å²) in [6.07, 6.45) is -4.87. The number of rotatable bonds is 10. The summed E-state index contributed by atoms with van der Waals surface area (Å²) in [4.78, 5) is 52.0. The lowest BCUT2D eigenvalue weighted by atomic mass is 9.95. The highest BCUT2D eigenvalue weighted by molar-refractivity contribution is 5.95. The van der Waals surface area contributed by atoms with Gasteiger partial charge in [-0.05, 0) is 43.4 Å². The van der Waals surface area contributed by atoms with Crippen molar-refractivity contribution in [2.24, 2.45) is 17.3 Å². The van der Waals surface area contributed by atoms with Gasteiger partial charge >= 0.3 is 6.36 Å². The minimum absolute atomic E-state index is 0.0487. The molecule has 34 heavy (non-hydrogen) atoms. The highest BCUT2D eigenvalue weighted by Crippen LogP contribution is 2.59. The monoisotopic (exact) mass is 491 g/mol. The Bertz CT molecular complexity index is 835. The van der Waals surface area contributed by atoms with Gasteiger partial charge in [0, 0.05) is 18.5 Å². The molecule has 0 bridgehead atoms. The van der Waals surface area contributed by atoms with E-state index in [1.807, 2.05) is 20.8 Å². The average Bonchev–Trinajstić information content (AvgIpc) is 3.05. The number of amides is 3. The average molecular weight is 492 g/mol. The predicted octanol–water partition coefficient (Wildman–Crippen LogP) is 0.889. The Morgan fingerprint density at radius 1 is 1.29 bits per heavy atom. The molecule has 3 N–H and O–H groups in total. The number of alkyl halides is 3. The Morgan fingerprint density at radius 3 is 2.53 bits per heavy atom. The van der Waals surface area contributed by atoms with Gasteiger partial charge in [-0.3, -0.25) is 23.9 Å². The van der Waals surface area contributed by atoms with E-state index in [2.05, 4.69) is 15.4 Å². The Hall–Kier alpha value is -2.21. The molecule has 3 aliphatic rings. The molecule has 12 heteroatoms. The highest BCUT2D eigenvalue weighted by atomic mass is 19.4. The number of nitrogens with zero attached hydrogens (tertiary/aromatic N) is 1. The summed E-state index contributed by atoms with van der Waals surface area (Å²) >= 11 is 0. The van der Waals surface area contributed by atoms with Crippen molar-refractivity contribution < 1.29 is 42.2 Å². The zero-order valence-corrected chi connectivity index (χ0v) is 19.5. The van der Waals surface area contributed by atoms with Gasteiger partial charge in [0.25, 0.3) is 5.91 Å². The van der Waals surface area contributed by atoms with Gasteiger partial charge in [0.1, 0.15) is 18.8 Å². The Balaban J connectivity index is 1.73. The van der Waals surface area contributed by atoms with E-state index in [9.17, 15) is 37.5 Å². The first-order chi connectivity index (χ1) is 15.7. The van der Waals surface area contributed by atoms with Crippen LogP contribution < -0.4 is 10.6 Å². The number of ether oxygens (including phenoxy) is 1. The van der Waals surface area contributed by atoms with Crippen molar-refractivity contribution in [3.05, 3.63) is 0 Å². The van der Waals surface area contributed by atoms with E-state index in [-0.39, 0.29) is 36.1 Å². The zero-order chi connectivity index (χ0) is 25.4. The molecule has 2 heterocycles. The van der Waals surface area contributed by atoms with Crippen molar-refractivity contribution in [3.8, 4) is 0 Å². The number of carbonyl (C=O) groups excluding carboxylic acids is 4. The highest BCUT2D eigenvalue weighted by Gasteiger charge is 2.65. The van der Waals surface area contributed by atoms with Crippen LogP contribution >= 0.6 is 0 Å². The third kappa shape index (κ3) is 6.07. The maximum absolute atomic E-state index is 13.2. The van der Waals surface area contributed by atoms with Crippen molar-refractivity contribution in [1.82, 2.24) is 15.5 Å². The summed E-state index contributed by atoms with van der Waals surface area (Å²) in [5.74, 6) is -3.21. The second-order valence-electron chi connectivity index (χ2n) is 10.3. The summed E-state index contributed by atoms with van der Waals surface area (Å²) < 4.78 is 41.0. The summed E-state index contributed by atoms with van der Waals surface area (Å²) in [6.45, 7) is 4.69. The van der Waals surface area contributed by atoms with Gasteiger partial charge in [0.2, 0.25) is 11.8 Å². The number of hydrogen-bond donors (Lipinski definition) is 3. The molecule has 0 aromatic carbocycles. The van der Waals surface area contributed by atoms with Gasteiger partial charge in [-0.2, -0.15) is 0 Å². The van der Waals surface area contributed by atoms with Crippen LogP contribution in [-0.2, 0) is 23.9 Å². The molecular formula is C22H32F3N3O6. The first-order valence-corrected chi connectivity index (χ1v) is 11.5. The number of Topliss-reactive ketones (excluding diaryl/α,β-unsaturated/α-hetero) is 1. The molecule has 0 aromatic rings. The maximum Gasteiger partial charge on any atom is 0.522 e. The molecule has 6 atom stereocenters. The zero-order valence-electron chi connectivity index (χ0n) is 19.5. The van der Waals surface area contributed by atoms with Crippen molar-refractivity contribution in [3.63, 3.8) is 0 Å². The minimum Gasteiger partial charge on any atom is -0.383 e. The maximum atomic E-state index is 13.2. The number of hydrogen-bond acceptors (Lipinski definition) is 6. The normalized spacial score (nSPS) is 30.1. The van der Waals surface area contributed by atoms with Crippen LogP contribution in [0.15, 0.2) is 0 Å². The lowest BCUT2D eigenvalue weighted by molar-refractivity contribution is -0.321. The molecule has 0 radical (unpaired) electrons. The lowest BCUT2D eigenvalue weighted by Crippen LogP contribution is -2.55. The fourth-order valence-electron chi connectivity index (χ4n) is 4.99. The standard InChI is InChI=1S/C22H32F3N3O6/c1-11(2)6-15(29)20(33)28-14(8-21(3)9-17(21)28)19(32)27-13(7-12-4-5-26-18(12)31)16(30)10-34-22(23,24)25/h11-15,17,29H,4-10H2,1-3H3,(H,26,31)(H,27,32)/t12-,13-,14-,15+,17+,21-/m0/s1. The molecular weight excluding hydrogens is 459 g/mol. The SMILES string of the molecule is CC(C)C[C@@H](O)C(=O)N1[C@H](C(=O)N[C@@H](C[C@@H]2CCNC2=O)C(=O)COC(F)(F)F)C[C@@]2(C)C[C@@H]12. The fourth-order valence-corrected chi connectivity index (χ4v) is 4.99. The van der Waals surface area contributed by atoms with E-state index in [1.165, 1.54) is 4.90 Å². The molecule has 0 unspecified atom stereocenters. The van der Waals surface area contributed by atoms with Gasteiger partial charge in [-0.25, -0.2) is 0 Å². The van der Waals surface area contributed by atoms with Crippen LogP contribution in [0.1, 0.15) is 52.9 Å². The van der Waals surface area contributed by atoms with E-state index in [0.717, 1.165) is 0 Å². The predicted molar refractivity (Wildman–Crippen MR) is 112 cm³/mol. The van der Waals surface area contributed by atoms with Crippen LogP contribution in [0.5, 0.6) is 0 Å². The third-order valence-corrected chi connectivity index (χ3v) is 6.94. The van der Waals surface area contributed by atoms with Crippen LogP contribution in [0.3, 0.4) is 0 Å². The van der Waals surface area contributed by atoms with Crippen molar-refractivity contribution in [1.29, 1.82) is 0 Å². The van der Waals surface area contributed by atoms with Crippen molar-refractivity contribution in [2.45, 2.75) is 83.5 Å². The number of carbonyl (C=O) groups is 4. The molecule has 9 nitrogen and oxygen atoms in total. The largest absolute Gasteiger partial charge is 0.522 e. The molecule has 0 aromatic heterocycles. The Morgan fingerprint density at radius 2 is 1.97 bits per heavy atom. The van der Waals surface area contributed by atoms with Gasteiger partial charge in [-0.15, -0.1) is 13.2 Å². The summed E-state index contributed by atoms with van der Waals surface area (Å²) in [5, 5.41) is 15.4. The number of piperidine rings is 1. The first kappa shape index (κ1) is 26.4. The van der Waals surface area contributed by atoms with Crippen LogP contribution in [0.4, 0.5) is 13.2 Å². The molecule has 1 saturated carbocycles. The number of aliphatic hydroxyl groups is 1. The molecule has 192 valence electrons. The van der Waals surface area contributed by atoms with Crippen molar-refractivity contribution >= 4 is 23.5 Å². The molecule has 0 spiro atoms. The van der Waals surface area contributed by atoms with Gasteiger partial charge in [-0.1, -0.05) is 20.8 Å². The van der Waals surface area contributed by atoms with Crippen LogP contribution in [0.2, 0.25) is 0 Å². The van der Waals surface area contributed by atoms with E-state index in [1.54, 1.807) is 0 Å². The quantitative estimate of drug-likeness (QED) is 0.417. The van der Waals surface area contributed by atoms with E-state index in [4.69, 9.17) is 0 Å². The molecule has 3 fully saturated rings. The van der Waals surface area contributed by atoms with Gasteiger partial charge < -0.3 is 20.6 Å². The molecule has 3 amide bonds. The Kier molecular flexibility index (Phi) is 7.61. The fraction of sp³-hybridized carbons (Fsp3) is 0.818. The molecule has 3 rings (SSSR count). The van der Waals surface area contributed by atoms with Crippen LogP contribution in [0, 0.1) is 17.3 Å².